The number of phenolic OH excluding ortho intramolecular Hbond substituents is 1. The fraction of sp³-hybridized carbons (Fsp3) is 0.625. The maximum absolute atomic E-state index is 10.0. The van der Waals surface area contributed by atoms with Crippen molar-refractivity contribution >= 4 is 11.6 Å². The maximum atomic E-state index is 10.0. The third-order valence-corrected chi connectivity index (χ3v) is 5.17. The molecule has 1 heterocycles. The van der Waals surface area contributed by atoms with E-state index in [-0.39, 0.29) is 0 Å². The number of aromatic hydroxyl groups is 1. The molecule has 1 aromatic carbocycles. The van der Waals surface area contributed by atoms with Crippen molar-refractivity contribution in [3.63, 3.8) is 0 Å². The number of benzene rings is 1. The summed E-state index contributed by atoms with van der Waals surface area (Å²) < 4.78 is 0. The summed E-state index contributed by atoms with van der Waals surface area (Å²) in [5, 5.41) is 10.7. The highest BCUT2D eigenvalue weighted by Crippen LogP contribution is 2.37. The molecule has 0 aromatic heterocycles. The molecule has 0 bridgehead atoms. The predicted molar refractivity (Wildman–Crippen MR) is 78.5 cm³/mol. The van der Waals surface area contributed by atoms with E-state index in [0.717, 1.165) is 24.6 Å². The Balaban J connectivity index is 1.78. The van der Waals surface area contributed by atoms with E-state index in [1.807, 2.05) is 6.07 Å². The van der Waals surface area contributed by atoms with Gasteiger partial charge in [-0.1, -0.05) is 30.5 Å². The van der Waals surface area contributed by atoms with E-state index in [9.17, 15) is 5.11 Å². The fourth-order valence-corrected chi connectivity index (χ4v) is 4.06. The van der Waals surface area contributed by atoms with Gasteiger partial charge >= 0.3 is 0 Å². The van der Waals surface area contributed by atoms with Crippen LogP contribution in [0.25, 0.3) is 0 Å². The molecule has 19 heavy (non-hydrogen) atoms. The topological polar surface area (TPSA) is 23.5 Å². The second-order valence-electron chi connectivity index (χ2n) is 5.96. The Morgan fingerprint density at radius 1 is 1.16 bits per heavy atom. The number of hydrogen-bond acceptors (Lipinski definition) is 2. The van der Waals surface area contributed by atoms with E-state index in [1.54, 1.807) is 12.1 Å². The van der Waals surface area contributed by atoms with Crippen LogP contribution in [0.3, 0.4) is 0 Å². The van der Waals surface area contributed by atoms with E-state index in [1.165, 1.54) is 38.5 Å². The molecule has 3 rings (SSSR count). The van der Waals surface area contributed by atoms with Gasteiger partial charge in [0.05, 0.1) is 0 Å². The van der Waals surface area contributed by atoms with Crippen LogP contribution in [-0.2, 0) is 6.54 Å². The molecular formula is C16H22ClNO. The van der Waals surface area contributed by atoms with Crippen LogP contribution in [0.1, 0.15) is 44.1 Å². The van der Waals surface area contributed by atoms with Gasteiger partial charge in [0.25, 0.3) is 0 Å². The average Bonchev–Trinajstić information content (AvgIpc) is 2.43. The first-order valence-corrected chi connectivity index (χ1v) is 7.84. The van der Waals surface area contributed by atoms with Gasteiger partial charge < -0.3 is 5.11 Å². The smallest absolute Gasteiger partial charge is 0.121 e. The highest BCUT2D eigenvalue weighted by Gasteiger charge is 2.33. The van der Waals surface area contributed by atoms with Crippen LogP contribution >= 0.6 is 11.6 Å². The molecule has 0 amide bonds. The van der Waals surface area contributed by atoms with Crippen molar-refractivity contribution in [2.24, 2.45) is 5.92 Å². The predicted octanol–water partition coefficient (Wildman–Crippen LogP) is 4.20. The van der Waals surface area contributed by atoms with Crippen LogP contribution in [-0.4, -0.2) is 22.6 Å². The minimum absolute atomic E-state index is 0.338. The molecule has 1 saturated heterocycles. The van der Waals surface area contributed by atoms with Gasteiger partial charge in [0.2, 0.25) is 0 Å². The summed E-state index contributed by atoms with van der Waals surface area (Å²) in [6.07, 6.45) is 8.12. The fourth-order valence-electron chi connectivity index (χ4n) is 3.83. The molecule has 2 atom stereocenters. The third kappa shape index (κ3) is 2.75. The van der Waals surface area contributed by atoms with Gasteiger partial charge in [-0.15, -0.1) is 0 Å². The first kappa shape index (κ1) is 13.3. The highest BCUT2D eigenvalue weighted by molar-refractivity contribution is 6.31. The Bertz CT molecular complexity index is 426. The minimum atomic E-state index is 0.338. The van der Waals surface area contributed by atoms with Crippen LogP contribution in [0.5, 0.6) is 5.75 Å². The van der Waals surface area contributed by atoms with Gasteiger partial charge in [-0.05, 0) is 50.3 Å². The Morgan fingerprint density at radius 2 is 1.95 bits per heavy atom. The standard InChI is InChI=1S/C16H22ClNO/c17-14-7-3-9-16(19)13(14)11-18-10-4-6-12-5-1-2-8-15(12)18/h3,7,9,12,15,19H,1-2,4-6,8,10-11H2. The summed E-state index contributed by atoms with van der Waals surface area (Å²) in [6, 6.07) is 6.13. The molecule has 1 saturated carbocycles. The lowest BCUT2D eigenvalue weighted by Crippen LogP contribution is -2.46. The van der Waals surface area contributed by atoms with Crippen molar-refractivity contribution < 1.29 is 5.11 Å². The first-order chi connectivity index (χ1) is 9.25. The van der Waals surface area contributed by atoms with Crippen molar-refractivity contribution in [3.8, 4) is 5.75 Å². The highest BCUT2D eigenvalue weighted by atomic mass is 35.5. The van der Waals surface area contributed by atoms with Gasteiger partial charge in [-0.3, -0.25) is 4.90 Å². The van der Waals surface area contributed by atoms with E-state index in [4.69, 9.17) is 11.6 Å². The van der Waals surface area contributed by atoms with Crippen molar-refractivity contribution in [2.45, 2.75) is 51.1 Å². The Morgan fingerprint density at radius 3 is 2.79 bits per heavy atom. The summed E-state index contributed by atoms with van der Waals surface area (Å²) in [7, 11) is 0. The van der Waals surface area contributed by atoms with Crippen molar-refractivity contribution in [1.82, 2.24) is 4.90 Å². The lowest BCUT2D eigenvalue weighted by Gasteiger charge is -2.44. The van der Waals surface area contributed by atoms with E-state index >= 15 is 0 Å². The second kappa shape index (κ2) is 5.72. The second-order valence-corrected chi connectivity index (χ2v) is 6.37. The molecular weight excluding hydrogens is 258 g/mol. The van der Waals surface area contributed by atoms with Crippen molar-refractivity contribution in [3.05, 3.63) is 28.8 Å². The molecule has 1 aromatic rings. The molecule has 2 unspecified atom stereocenters. The number of hydrogen-bond donors (Lipinski definition) is 1. The molecule has 2 fully saturated rings. The molecule has 1 N–H and O–H groups in total. The van der Waals surface area contributed by atoms with E-state index in [2.05, 4.69) is 4.90 Å². The van der Waals surface area contributed by atoms with Crippen molar-refractivity contribution in [2.75, 3.05) is 6.54 Å². The normalized spacial score (nSPS) is 28.1. The SMILES string of the molecule is Oc1cccc(Cl)c1CN1CCCC2CCCCC21. The zero-order chi connectivity index (χ0) is 13.2. The number of likely N-dealkylation sites (tertiary alicyclic amines) is 1. The zero-order valence-corrected chi connectivity index (χ0v) is 12.1. The number of fused-ring (bicyclic) bond motifs is 1. The summed E-state index contributed by atoms with van der Waals surface area (Å²) in [6.45, 7) is 1.94. The molecule has 104 valence electrons. The van der Waals surface area contributed by atoms with Crippen molar-refractivity contribution in [1.29, 1.82) is 0 Å². The van der Waals surface area contributed by atoms with E-state index in [0.29, 0.717) is 16.8 Å². The molecule has 0 radical (unpaired) electrons. The average molecular weight is 280 g/mol. The molecule has 2 nitrogen and oxygen atoms in total. The van der Waals surface area contributed by atoms with Gasteiger partial charge in [0.15, 0.2) is 0 Å². The Labute approximate surface area is 120 Å². The van der Waals surface area contributed by atoms with Crippen LogP contribution in [0.15, 0.2) is 18.2 Å². The van der Waals surface area contributed by atoms with Crippen LogP contribution in [0, 0.1) is 5.92 Å². The van der Waals surface area contributed by atoms with Crippen LogP contribution < -0.4 is 0 Å². The number of phenols is 1. The molecule has 2 aliphatic rings. The number of rotatable bonds is 2. The summed E-state index contributed by atoms with van der Waals surface area (Å²) >= 11 is 6.24. The zero-order valence-electron chi connectivity index (χ0n) is 11.3. The van der Waals surface area contributed by atoms with Gasteiger partial charge in [0.1, 0.15) is 5.75 Å². The monoisotopic (exact) mass is 279 g/mol. The summed E-state index contributed by atoms with van der Waals surface area (Å²) in [5.74, 6) is 1.21. The number of piperidine rings is 1. The van der Waals surface area contributed by atoms with Gasteiger partial charge in [-0.2, -0.15) is 0 Å². The number of halogens is 1. The summed E-state index contributed by atoms with van der Waals surface area (Å²) in [5.41, 5.74) is 0.899. The van der Waals surface area contributed by atoms with E-state index < -0.39 is 0 Å². The quantitative estimate of drug-likeness (QED) is 0.877. The largest absolute Gasteiger partial charge is 0.508 e. The molecule has 3 heteroatoms. The number of nitrogens with zero attached hydrogens (tertiary/aromatic N) is 1. The maximum Gasteiger partial charge on any atom is 0.121 e. The van der Waals surface area contributed by atoms with Gasteiger partial charge in [0, 0.05) is 23.2 Å². The molecule has 0 spiro atoms. The molecule has 1 aliphatic carbocycles. The van der Waals surface area contributed by atoms with Crippen LogP contribution in [0.4, 0.5) is 0 Å². The lowest BCUT2D eigenvalue weighted by molar-refractivity contribution is 0.0542. The lowest BCUT2D eigenvalue weighted by atomic mass is 9.78. The Hall–Kier alpha value is -0.730. The molecule has 1 aliphatic heterocycles. The Kier molecular flexibility index (Phi) is 3.99. The third-order valence-electron chi connectivity index (χ3n) is 4.81. The first-order valence-electron chi connectivity index (χ1n) is 7.46. The summed E-state index contributed by atoms with van der Waals surface area (Å²) in [4.78, 5) is 2.55. The van der Waals surface area contributed by atoms with Crippen LogP contribution in [0.2, 0.25) is 5.02 Å². The minimum Gasteiger partial charge on any atom is -0.508 e. The van der Waals surface area contributed by atoms with Gasteiger partial charge in [-0.25, -0.2) is 0 Å².